The fourth-order valence-corrected chi connectivity index (χ4v) is 2.96. The van der Waals surface area contributed by atoms with Gasteiger partial charge in [0.15, 0.2) is 5.54 Å². The summed E-state index contributed by atoms with van der Waals surface area (Å²) in [6.45, 7) is 2.01. The summed E-state index contributed by atoms with van der Waals surface area (Å²) in [6.07, 6.45) is 1.40. The van der Waals surface area contributed by atoms with Crippen LogP contribution in [0.3, 0.4) is 0 Å². The van der Waals surface area contributed by atoms with E-state index in [9.17, 15) is 9.59 Å². The first-order chi connectivity index (χ1) is 12.3. The van der Waals surface area contributed by atoms with E-state index in [-0.39, 0.29) is 17.5 Å². The summed E-state index contributed by atoms with van der Waals surface area (Å²) >= 11 is 5.78. The van der Waals surface area contributed by atoms with Crippen LogP contribution in [0.5, 0.6) is 0 Å². The molecule has 0 saturated carbocycles. The van der Waals surface area contributed by atoms with Crippen molar-refractivity contribution in [3.8, 4) is 0 Å². The summed E-state index contributed by atoms with van der Waals surface area (Å²) in [5.74, 6) is -0.150. The number of hydrogen-bond donors (Lipinski definition) is 2. The summed E-state index contributed by atoms with van der Waals surface area (Å²) in [4.78, 5) is 34.8. The molecule has 2 aromatic rings. The Balaban J connectivity index is 1.89. The maximum atomic E-state index is 12.6. The van der Waals surface area contributed by atoms with E-state index in [1.807, 2.05) is 0 Å². The Hall–Kier alpha value is -2.93. The molecule has 0 aliphatic carbocycles. The fourth-order valence-electron chi connectivity index (χ4n) is 2.85. The van der Waals surface area contributed by atoms with E-state index in [1.54, 1.807) is 44.3 Å². The molecule has 0 fully saturated rings. The van der Waals surface area contributed by atoms with Crippen molar-refractivity contribution in [2.24, 2.45) is 10.7 Å². The molecule has 0 bridgehead atoms. The molecule has 1 atom stereocenters. The zero-order valence-corrected chi connectivity index (χ0v) is 15.1. The molecular formula is C18H18ClN5O2. The summed E-state index contributed by atoms with van der Waals surface area (Å²) in [6, 6.07) is 10.1. The monoisotopic (exact) mass is 371 g/mol. The number of carbonyl (C=O) groups is 2. The number of hydrogen-bond acceptors (Lipinski definition) is 5. The van der Waals surface area contributed by atoms with Crippen LogP contribution in [-0.4, -0.2) is 41.1 Å². The molecule has 0 radical (unpaired) electrons. The second-order valence-electron chi connectivity index (χ2n) is 6.23. The van der Waals surface area contributed by atoms with Crippen LogP contribution in [0.2, 0.25) is 5.02 Å². The Kier molecular flexibility index (Phi) is 4.65. The van der Waals surface area contributed by atoms with Gasteiger partial charge in [-0.1, -0.05) is 23.7 Å². The number of rotatable bonds is 3. The highest BCUT2D eigenvalue weighted by Crippen LogP contribution is 2.31. The van der Waals surface area contributed by atoms with Crippen molar-refractivity contribution in [2.45, 2.75) is 12.5 Å². The van der Waals surface area contributed by atoms with E-state index < -0.39 is 5.54 Å². The molecule has 1 aliphatic heterocycles. The number of nitrogens with zero attached hydrogens (tertiary/aromatic N) is 3. The van der Waals surface area contributed by atoms with Crippen LogP contribution in [0.1, 0.15) is 23.0 Å². The van der Waals surface area contributed by atoms with Crippen molar-refractivity contribution in [2.75, 3.05) is 18.9 Å². The molecule has 0 saturated heterocycles. The first-order valence-corrected chi connectivity index (χ1v) is 8.30. The van der Waals surface area contributed by atoms with Gasteiger partial charge in [0, 0.05) is 18.9 Å². The highest BCUT2D eigenvalue weighted by atomic mass is 35.5. The number of amides is 2. The molecule has 2 amide bonds. The maximum Gasteiger partial charge on any atom is 0.274 e. The fraction of sp³-hybridized carbons (Fsp3) is 0.222. The quantitative estimate of drug-likeness (QED) is 0.861. The summed E-state index contributed by atoms with van der Waals surface area (Å²) in [5, 5.41) is 3.21. The number of anilines is 1. The molecule has 0 spiro atoms. The Morgan fingerprint density at radius 3 is 2.81 bits per heavy atom. The minimum atomic E-state index is -1.13. The number of aromatic nitrogens is 1. The molecule has 2 heterocycles. The van der Waals surface area contributed by atoms with Gasteiger partial charge in [0.25, 0.3) is 11.8 Å². The number of halogens is 1. The summed E-state index contributed by atoms with van der Waals surface area (Å²) < 4.78 is 0. The number of amidine groups is 1. The molecule has 8 heteroatoms. The van der Waals surface area contributed by atoms with Crippen LogP contribution >= 0.6 is 11.6 Å². The van der Waals surface area contributed by atoms with Crippen molar-refractivity contribution in [3.63, 3.8) is 0 Å². The van der Waals surface area contributed by atoms with Crippen molar-refractivity contribution < 1.29 is 9.59 Å². The second-order valence-corrected chi connectivity index (χ2v) is 6.67. The smallest absolute Gasteiger partial charge is 0.274 e. The van der Waals surface area contributed by atoms with Gasteiger partial charge < -0.3 is 16.0 Å². The van der Waals surface area contributed by atoms with E-state index in [0.717, 1.165) is 0 Å². The predicted octanol–water partition coefficient (Wildman–Crippen LogP) is 2.03. The molecule has 3 rings (SSSR count). The number of likely N-dealkylation sites (N-methyl/N-ethyl adjacent to an activating group) is 1. The molecule has 3 N–H and O–H groups in total. The molecule has 1 aromatic heterocycles. The molecule has 7 nitrogen and oxygen atoms in total. The molecule has 0 unspecified atom stereocenters. The molecule has 134 valence electrons. The van der Waals surface area contributed by atoms with E-state index in [1.165, 1.54) is 17.2 Å². The Labute approximate surface area is 155 Å². The Morgan fingerprint density at radius 1 is 1.35 bits per heavy atom. The zero-order valence-electron chi connectivity index (χ0n) is 14.4. The third kappa shape index (κ3) is 3.39. The SMILES string of the molecule is CN1CC(N)=N[C@@](C)(c2cccc(NC(=O)c3ccc(Cl)cn3)c2)C1=O. The summed E-state index contributed by atoms with van der Waals surface area (Å²) in [7, 11) is 1.68. The highest BCUT2D eigenvalue weighted by molar-refractivity contribution is 6.30. The van der Waals surface area contributed by atoms with Crippen LogP contribution in [0.15, 0.2) is 47.6 Å². The van der Waals surface area contributed by atoms with E-state index in [4.69, 9.17) is 17.3 Å². The van der Waals surface area contributed by atoms with Gasteiger partial charge in [-0.3, -0.25) is 9.59 Å². The number of carbonyl (C=O) groups excluding carboxylic acids is 2. The normalized spacial score (nSPS) is 19.9. The largest absolute Gasteiger partial charge is 0.386 e. The first-order valence-electron chi connectivity index (χ1n) is 7.93. The molecule has 26 heavy (non-hydrogen) atoms. The van der Waals surface area contributed by atoms with Crippen LogP contribution in [-0.2, 0) is 10.3 Å². The lowest BCUT2D eigenvalue weighted by molar-refractivity contribution is -0.135. The van der Waals surface area contributed by atoms with Crippen LogP contribution in [0.4, 0.5) is 5.69 Å². The third-order valence-electron chi connectivity index (χ3n) is 4.17. The van der Waals surface area contributed by atoms with Crippen LogP contribution in [0, 0.1) is 0 Å². The second kappa shape index (κ2) is 6.76. The maximum absolute atomic E-state index is 12.6. The lowest BCUT2D eigenvalue weighted by Gasteiger charge is -2.34. The van der Waals surface area contributed by atoms with Gasteiger partial charge in [0.1, 0.15) is 11.5 Å². The number of nitrogens with two attached hydrogens (primary N) is 1. The predicted molar refractivity (Wildman–Crippen MR) is 100 cm³/mol. The van der Waals surface area contributed by atoms with Gasteiger partial charge >= 0.3 is 0 Å². The van der Waals surface area contributed by atoms with E-state index >= 15 is 0 Å². The average Bonchev–Trinajstić information content (AvgIpc) is 2.60. The average molecular weight is 372 g/mol. The molecular weight excluding hydrogens is 354 g/mol. The van der Waals surface area contributed by atoms with Gasteiger partial charge in [0.2, 0.25) is 0 Å². The Bertz CT molecular complexity index is 897. The molecule has 1 aliphatic rings. The van der Waals surface area contributed by atoms with Gasteiger partial charge in [-0.25, -0.2) is 9.98 Å². The number of nitrogens with one attached hydrogen (secondary N) is 1. The topological polar surface area (TPSA) is 101 Å². The van der Waals surface area contributed by atoms with Crippen LogP contribution < -0.4 is 11.1 Å². The van der Waals surface area contributed by atoms with Gasteiger partial charge in [-0.15, -0.1) is 0 Å². The van der Waals surface area contributed by atoms with Crippen molar-refractivity contribution in [3.05, 3.63) is 58.9 Å². The summed E-state index contributed by atoms with van der Waals surface area (Å²) in [5.41, 5.74) is 6.15. The van der Waals surface area contributed by atoms with Gasteiger partial charge in [0.05, 0.1) is 11.6 Å². The van der Waals surface area contributed by atoms with Crippen molar-refractivity contribution in [1.82, 2.24) is 9.88 Å². The van der Waals surface area contributed by atoms with Gasteiger partial charge in [-0.05, 0) is 36.8 Å². The van der Waals surface area contributed by atoms with Crippen molar-refractivity contribution >= 4 is 34.9 Å². The first kappa shape index (κ1) is 17.9. The van der Waals surface area contributed by atoms with E-state index in [0.29, 0.717) is 28.7 Å². The van der Waals surface area contributed by atoms with Gasteiger partial charge in [-0.2, -0.15) is 0 Å². The lowest BCUT2D eigenvalue weighted by Crippen LogP contribution is -2.51. The highest BCUT2D eigenvalue weighted by Gasteiger charge is 2.40. The van der Waals surface area contributed by atoms with E-state index in [2.05, 4.69) is 15.3 Å². The molecule has 1 aromatic carbocycles. The van der Waals surface area contributed by atoms with Crippen molar-refractivity contribution in [1.29, 1.82) is 0 Å². The number of pyridine rings is 1. The zero-order chi connectivity index (χ0) is 18.9. The lowest BCUT2D eigenvalue weighted by atomic mass is 9.89. The number of aliphatic imine (C=N–C) groups is 1. The number of benzene rings is 1. The van der Waals surface area contributed by atoms with Crippen LogP contribution in [0.25, 0.3) is 0 Å². The minimum absolute atomic E-state index is 0.158. The third-order valence-corrected chi connectivity index (χ3v) is 4.40. The minimum Gasteiger partial charge on any atom is -0.386 e. The Morgan fingerprint density at radius 2 is 2.12 bits per heavy atom. The standard InChI is InChI=1S/C18H18ClN5O2/c1-18(17(26)24(2)10-15(20)23-18)11-4-3-5-13(8-11)22-16(25)14-7-6-12(19)9-21-14/h3-9H,10H2,1-2H3,(H2,20,23)(H,22,25)/t18-/m0/s1.